The van der Waals surface area contributed by atoms with Crippen molar-refractivity contribution in [1.82, 2.24) is 4.90 Å². The lowest BCUT2D eigenvalue weighted by molar-refractivity contribution is -0.190. The second kappa shape index (κ2) is 6.55. The maximum absolute atomic E-state index is 13.2. The van der Waals surface area contributed by atoms with E-state index in [-0.39, 0.29) is 12.8 Å². The van der Waals surface area contributed by atoms with E-state index in [4.69, 9.17) is 4.55 Å². The minimum Gasteiger partial charge on any atom is -0.456 e. The zero-order valence-corrected chi connectivity index (χ0v) is 12.2. The molecule has 0 unspecified atom stereocenters. The molecule has 1 N–H and O–H groups in total. The number of hydrogen-bond acceptors (Lipinski definition) is 5. The Morgan fingerprint density at radius 1 is 1.13 bits per heavy atom. The second-order valence-corrected chi connectivity index (χ2v) is 6.24. The highest BCUT2D eigenvalue weighted by Crippen LogP contribution is 2.27. The Hall–Kier alpha value is -1.50. The highest BCUT2D eigenvalue weighted by Gasteiger charge is 2.54. The third-order valence-corrected chi connectivity index (χ3v) is 3.89. The van der Waals surface area contributed by atoms with Crippen LogP contribution in [0.2, 0.25) is 0 Å². The van der Waals surface area contributed by atoms with Gasteiger partial charge in [0.1, 0.15) is 0 Å². The van der Waals surface area contributed by atoms with Crippen LogP contribution in [0.4, 0.5) is 22.0 Å². The summed E-state index contributed by atoms with van der Waals surface area (Å²) in [4.78, 5) is 23.1. The van der Waals surface area contributed by atoms with Crippen molar-refractivity contribution in [3.8, 4) is 0 Å². The van der Waals surface area contributed by atoms with Crippen LogP contribution in [0.1, 0.15) is 12.8 Å². The van der Waals surface area contributed by atoms with Gasteiger partial charge < -0.3 is 9.64 Å². The van der Waals surface area contributed by atoms with Crippen molar-refractivity contribution in [2.75, 3.05) is 19.7 Å². The molecule has 1 fully saturated rings. The van der Waals surface area contributed by atoms with Crippen LogP contribution in [-0.2, 0) is 24.4 Å². The summed E-state index contributed by atoms with van der Waals surface area (Å²) in [7, 11) is -5.95. The van der Waals surface area contributed by atoms with E-state index >= 15 is 0 Å². The van der Waals surface area contributed by atoms with E-state index in [2.05, 4.69) is 4.74 Å². The van der Waals surface area contributed by atoms with Crippen molar-refractivity contribution in [2.45, 2.75) is 24.3 Å². The summed E-state index contributed by atoms with van der Waals surface area (Å²) in [5.74, 6) is -4.38. The molecule has 13 heteroatoms. The van der Waals surface area contributed by atoms with Crippen molar-refractivity contribution in [3.05, 3.63) is 0 Å². The van der Waals surface area contributed by atoms with Crippen LogP contribution in [-0.4, -0.2) is 60.9 Å². The molecule has 0 bridgehead atoms. The highest BCUT2D eigenvalue weighted by atomic mass is 32.2. The molecule has 7 nitrogen and oxygen atoms in total. The number of amides is 1. The molecule has 1 rings (SSSR count). The number of likely N-dealkylation sites (tertiary alicyclic amines) is 1. The molecule has 1 heterocycles. The SMILES string of the molecule is O=C(OCC(F)(F)F)C1CCN(C(=O)C(F)(F)S(=O)(=O)O)CC1. The Labute approximate surface area is 127 Å². The first-order chi connectivity index (χ1) is 10.3. The topological polar surface area (TPSA) is 101 Å². The fourth-order valence-corrected chi connectivity index (χ4v) is 2.23. The van der Waals surface area contributed by atoms with E-state index in [0.29, 0.717) is 4.90 Å². The molecule has 0 saturated carbocycles. The molecule has 0 aromatic rings. The quantitative estimate of drug-likeness (QED) is 0.447. The molecule has 0 aromatic heterocycles. The van der Waals surface area contributed by atoms with Gasteiger partial charge in [0.25, 0.3) is 0 Å². The minimum atomic E-state index is -5.95. The molecular formula is C10H12F5NO6S. The van der Waals surface area contributed by atoms with Gasteiger partial charge in [-0.25, -0.2) is 0 Å². The molecule has 1 amide bonds. The molecule has 134 valence electrons. The highest BCUT2D eigenvalue weighted by molar-refractivity contribution is 7.87. The predicted octanol–water partition coefficient (Wildman–Crippen LogP) is 0.811. The maximum Gasteiger partial charge on any atom is 0.446 e. The number of halogens is 5. The lowest BCUT2D eigenvalue weighted by Crippen LogP contribution is -2.51. The summed E-state index contributed by atoms with van der Waals surface area (Å²) >= 11 is 0. The number of piperidine rings is 1. The van der Waals surface area contributed by atoms with E-state index in [9.17, 15) is 40.0 Å². The van der Waals surface area contributed by atoms with Crippen molar-refractivity contribution < 1.29 is 49.2 Å². The summed E-state index contributed by atoms with van der Waals surface area (Å²) in [6.45, 7) is -2.77. The van der Waals surface area contributed by atoms with Crippen molar-refractivity contribution in [1.29, 1.82) is 0 Å². The van der Waals surface area contributed by atoms with Gasteiger partial charge in [-0.1, -0.05) is 0 Å². The van der Waals surface area contributed by atoms with E-state index in [1.165, 1.54) is 0 Å². The number of hydrogen-bond donors (Lipinski definition) is 1. The standard InChI is InChI=1S/C10H12F5NO6S/c11-9(12,13)5-22-7(17)6-1-3-16(4-2-6)8(18)10(14,15)23(19,20)21/h6H,1-5H2,(H,19,20,21). The molecule has 0 aromatic carbocycles. The van der Waals surface area contributed by atoms with E-state index < -0.39 is 59.0 Å². The van der Waals surface area contributed by atoms with Crippen LogP contribution in [0.15, 0.2) is 0 Å². The number of rotatable bonds is 4. The van der Waals surface area contributed by atoms with Crippen LogP contribution >= 0.6 is 0 Å². The molecule has 1 aliphatic rings. The Bertz CT molecular complexity index is 567. The third kappa shape index (κ3) is 4.99. The van der Waals surface area contributed by atoms with Gasteiger partial charge in [-0.3, -0.25) is 14.1 Å². The fraction of sp³-hybridized carbons (Fsp3) is 0.800. The second-order valence-electron chi connectivity index (χ2n) is 4.78. The molecular weight excluding hydrogens is 357 g/mol. The zero-order chi connectivity index (χ0) is 18.1. The monoisotopic (exact) mass is 369 g/mol. The smallest absolute Gasteiger partial charge is 0.446 e. The molecule has 0 spiro atoms. The van der Waals surface area contributed by atoms with Crippen LogP contribution in [0, 0.1) is 5.92 Å². The number of carbonyl (C=O) groups excluding carboxylic acids is 2. The lowest BCUT2D eigenvalue weighted by atomic mass is 9.97. The van der Waals surface area contributed by atoms with Crippen LogP contribution < -0.4 is 0 Å². The zero-order valence-electron chi connectivity index (χ0n) is 11.3. The third-order valence-electron chi connectivity index (χ3n) is 3.07. The summed E-state index contributed by atoms with van der Waals surface area (Å²) in [5, 5.41) is -5.03. The Balaban J connectivity index is 2.59. The molecule has 0 radical (unpaired) electrons. The predicted molar refractivity (Wildman–Crippen MR) is 62.8 cm³/mol. The number of ether oxygens (including phenoxy) is 1. The van der Waals surface area contributed by atoms with Crippen molar-refractivity contribution in [2.24, 2.45) is 5.92 Å². The van der Waals surface area contributed by atoms with Crippen LogP contribution in [0.25, 0.3) is 0 Å². The summed E-state index contributed by atoms with van der Waals surface area (Å²) in [6.07, 6.45) is -5.25. The van der Waals surface area contributed by atoms with Gasteiger partial charge in [-0.05, 0) is 12.8 Å². The van der Waals surface area contributed by atoms with Gasteiger partial charge in [0.05, 0.1) is 5.92 Å². The minimum absolute atomic E-state index is 0.274. The van der Waals surface area contributed by atoms with Gasteiger partial charge >= 0.3 is 33.4 Å². The first kappa shape index (κ1) is 19.5. The first-order valence-corrected chi connectivity index (χ1v) is 7.57. The maximum atomic E-state index is 13.2. The van der Waals surface area contributed by atoms with E-state index in [1.54, 1.807) is 0 Å². The number of carbonyl (C=O) groups is 2. The lowest BCUT2D eigenvalue weighted by Gasteiger charge is -2.32. The first-order valence-electron chi connectivity index (χ1n) is 6.13. The van der Waals surface area contributed by atoms with E-state index in [1.807, 2.05) is 0 Å². The average Bonchev–Trinajstić information content (AvgIpc) is 2.42. The Morgan fingerprint density at radius 3 is 2.00 bits per heavy atom. The molecule has 23 heavy (non-hydrogen) atoms. The Kier molecular flexibility index (Phi) is 5.57. The van der Waals surface area contributed by atoms with Gasteiger partial charge in [0, 0.05) is 13.1 Å². The summed E-state index contributed by atoms with van der Waals surface area (Å²) < 4.78 is 95.3. The number of esters is 1. The Morgan fingerprint density at radius 2 is 1.61 bits per heavy atom. The largest absolute Gasteiger partial charge is 0.456 e. The molecule has 1 saturated heterocycles. The van der Waals surface area contributed by atoms with Crippen molar-refractivity contribution >= 4 is 22.0 Å². The van der Waals surface area contributed by atoms with Gasteiger partial charge in [-0.15, -0.1) is 0 Å². The van der Waals surface area contributed by atoms with Crippen molar-refractivity contribution in [3.63, 3.8) is 0 Å². The molecule has 1 aliphatic heterocycles. The van der Waals surface area contributed by atoms with Gasteiger partial charge in [0.15, 0.2) is 6.61 Å². The average molecular weight is 369 g/mol. The summed E-state index contributed by atoms with van der Waals surface area (Å²) in [6, 6.07) is 0. The van der Waals surface area contributed by atoms with E-state index in [0.717, 1.165) is 0 Å². The van der Waals surface area contributed by atoms with Crippen LogP contribution in [0.5, 0.6) is 0 Å². The van der Waals surface area contributed by atoms with Gasteiger partial charge in [-0.2, -0.15) is 30.4 Å². The number of alkyl halides is 5. The molecule has 0 atom stereocenters. The van der Waals surface area contributed by atoms with Crippen LogP contribution in [0.3, 0.4) is 0 Å². The number of nitrogens with zero attached hydrogens (tertiary/aromatic N) is 1. The molecule has 0 aliphatic carbocycles. The summed E-state index contributed by atoms with van der Waals surface area (Å²) in [5.41, 5.74) is 0. The van der Waals surface area contributed by atoms with Gasteiger partial charge in [0.2, 0.25) is 0 Å². The normalized spacial score (nSPS) is 17.9. The fourth-order valence-electron chi connectivity index (χ4n) is 1.88.